The second-order valence-corrected chi connectivity index (χ2v) is 9.92. The molecule has 3 aromatic rings. The van der Waals surface area contributed by atoms with E-state index in [1.54, 1.807) is 6.07 Å². The number of fused-ring (bicyclic) bond motifs is 1. The van der Waals surface area contributed by atoms with E-state index in [9.17, 15) is 9.18 Å². The zero-order chi connectivity index (χ0) is 24.2. The van der Waals surface area contributed by atoms with Gasteiger partial charge in [-0.3, -0.25) is 14.6 Å². The molecule has 2 heterocycles. The second kappa shape index (κ2) is 10.6. The van der Waals surface area contributed by atoms with E-state index in [-0.39, 0.29) is 11.7 Å². The van der Waals surface area contributed by atoms with Gasteiger partial charge in [-0.15, -0.1) is 11.8 Å². The summed E-state index contributed by atoms with van der Waals surface area (Å²) in [6.45, 7) is 5.60. The Balaban J connectivity index is 1.30. The lowest BCUT2D eigenvalue weighted by Gasteiger charge is -2.37. The lowest BCUT2D eigenvalue weighted by molar-refractivity contribution is -0.112. The Labute approximate surface area is 210 Å². The molecule has 0 aromatic heterocycles. The largest absolute Gasteiger partial charge is 0.367 e. The summed E-state index contributed by atoms with van der Waals surface area (Å²) in [4.78, 5) is 25.6. The number of amides is 1. The van der Waals surface area contributed by atoms with Crippen molar-refractivity contribution in [1.29, 1.82) is 0 Å². The van der Waals surface area contributed by atoms with Crippen LogP contribution in [0.25, 0.3) is 0 Å². The topological polar surface area (TPSA) is 39.2 Å². The quantitative estimate of drug-likeness (QED) is 0.408. The number of hydrogen-bond acceptors (Lipinski definition) is 5. The summed E-state index contributed by atoms with van der Waals surface area (Å²) in [7, 11) is 0. The summed E-state index contributed by atoms with van der Waals surface area (Å²) in [5, 5.41) is 0. The lowest BCUT2D eigenvalue weighted by Crippen LogP contribution is -2.51. The molecule has 0 spiro atoms. The van der Waals surface area contributed by atoms with Crippen LogP contribution in [0.15, 0.2) is 82.7 Å². The lowest BCUT2D eigenvalue weighted by atomic mass is 10.1. The highest BCUT2D eigenvalue weighted by Gasteiger charge is 2.35. The van der Waals surface area contributed by atoms with Gasteiger partial charge in [-0.05, 0) is 54.6 Å². The second-order valence-electron chi connectivity index (χ2n) is 8.75. The smallest absolute Gasteiger partial charge is 0.278 e. The summed E-state index contributed by atoms with van der Waals surface area (Å²) in [5.74, 6) is 0.818. The zero-order valence-electron chi connectivity index (χ0n) is 19.9. The minimum absolute atomic E-state index is 0.0767. The Bertz CT molecular complexity index is 1220. The standard InChI is InChI=1S/C28H29FN4OS/c1-2-19-35-22-13-11-21(12-14-22)30-27-23-7-3-5-9-25(23)33(28(27)34)20-31-15-17-32(18-16-31)26-10-6-4-8-24(26)29/h3-14H,2,15-20H2,1H3. The molecule has 1 fully saturated rings. The number of aliphatic imine (C=N–C) groups is 1. The van der Waals surface area contributed by atoms with Crippen LogP contribution in [-0.4, -0.2) is 55.1 Å². The van der Waals surface area contributed by atoms with E-state index in [1.165, 1.54) is 11.0 Å². The number of carbonyl (C=O) groups excluding carboxylic acids is 1. The molecule has 35 heavy (non-hydrogen) atoms. The van der Waals surface area contributed by atoms with Gasteiger partial charge in [-0.25, -0.2) is 9.38 Å². The fraction of sp³-hybridized carbons (Fsp3) is 0.286. The maximum Gasteiger partial charge on any atom is 0.278 e. The number of benzene rings is 3. The predicted molar refractivity (Wildman–Crippen MR) is 143 cm³/mol. The van der Waals surface area contributed by atoms with Crippen molar-refractivity contribution in [2.75, 3.05) is 48.4 Å². The van der Waals surface area contributed by atoms with Gasteiger partial charge in [0.25, 0.3) is 5.91 Å². The molecule has 0 bridgehead atoms. The molecule has 180 valence electrons. The third-order valence-electron chi connectivity index (χ3n) is 6.36. The number of nitrogens with zero attached hydrogens (tertiary/aromatic N) is 4. The summed E-state index contributed by atoms with van der Waals surface area (Å²) < 4.78 is 14.2. The first-order valence-corrected chi connectivity index (χ1v) is 13.1. The van der Waals surface area contributed by atoms with E-state index in [1.807, 2.05) is 65.2 Å². The van der Waals surface area contributed by atoms with Crippen molar-refractivity contribution in [3.05, 3.63) is 84.2 Å². The minimum atomic E-state index is -0.192. The van der Waals surface area contributed by atoms with Crippen molar-refractivity contribution >= 4 is 40.4 Å². The molecular weight excluding hydrogens is 459 g/mol. The van der Waals surface area contributed by atoms with Crippen molar-refractivity contribution in [1.82, 2.24) is 4.90 Å². The number of thioether (sulfide) groups is 1. The first-order valence-electron chi connectivity index (χ1n) is 12.1. The number of anilines is 2. The van der Waals surface area contributed by atoms with Crippen molar-refractivity contribution < 1.29 is 9.18 Å². The first-order chi connectivity index (χ1) is 17.1. The van der Waals surface area contributed by atoms with Gasteiger partial charge in [0.05, 0.1) is 23.7 Å². The van der Waals surface area contributed by atoms with Crippen LogP contribution in [0, 0.1) is 5.82 Å². The predicted octanol–water partition coefficient (Wildman–Crippen LogP) is 5.57. The molecule has 1 amide bonds. The number of halogens is 1. The van der Waals surface area contributed by atoms with Gasteiger partial charge in [0, 0.05) is 36.6 Å². The Hall–Kier alpha value is -3.16. The van der Waals surface area contributed by atoms with Crippen LogP contribution in [0.5, 0.6) is 0 Å². The van der Waals surface area contributed by atoms with Gasteiger partial charge in [0.15, 0.2) is 0 Å². The number of piperazine rings is 1. The van der Waals surface area contributed by atoms with E-state index >= 15 is 0 Å². The highest BCUT2D eigenvalue weighted by Crippen LogP contribution is 2.32. The summed E-state index contributed by atoms with van der Waals surface area (Å²) in [6.07, 6.45) is 1.13. The van der Waals surface area contributed by atoms with Crippen LogP contribution in [0.1, 0.15) is 18.9 Å². The van der Waals surface area contributed by atoms with Gasteiger partial charge < -0.3 is 4.90 Å². The van der Waals surface area contributed by atoms with Crippen LogP contribution in [-0.2, 0) is 4.79 Å². The summed E-state index contributed by atoms with van der Waals surface area (Å²) in [6, 6.07) is 22.8. The normalized spacial score (nSPS) is 17.3. The Morgan fingerprint density at radius 2 is 1.57 bits per heavy atom. The van der Waals surface area contributed by atoms with Crippen molar-refractivity contribution in [2.24, 2.45) is 4.99 Å². The minimum Gasteiger partial charge on any atom is -0.367 e. The van der Waals surface area contributed by atoms with E-state index in [4.69, 9.17) is 4.99 Å². The van der Waals surface area contributed by atoms with Crippen LogP contribution in [0.4, 0.5) is 21.5 Å². The summed E-state index contributed by atoms with van der Waals surface area (Å²) in [5.41, 5.74) is 3.67. The SMILES string of the molecule is CCCSc1ccc(N=C2C(=O)N(CN3CCN(c4ccccc4F)CC3)c3ccccc32)cc1. The Kier molecular flexibility index (Phi) is 7.16. The molecule has 2 aliphatic rings. The average Bonchev–Trinajstić information content (AvgIpc) is 3.15. The molecule has 0 aliphatic carbocycles. The number of carbonyl (C=O) groups is 1. The monoisotopic (exact) mass is 488 g/mol. The number of hydrogen-bond donors (Lipinski definition) is 0. The molecule has 0 saturated carbocycles. The molecule has 1 saturated heterocycles. The van der Waals surface area contributed by atoms with Gasteiger partial charge >= 0.3 is 0 Å². The molecule has 0 atom stereocenters. The third-order valence-corrected chi connectivity index (χ3v) is 7.57. The van der Waals surface area contributed by atoms with Gasteiger partial charge in [-0.2, -0.15) is 0 Å². The molecule has 0 unspecified atom stereocenters. The fourth-order valence-corrected chi connectivity index (χ4v) is 5.28. The Morgan fingerprint density at radius 1 is 0.886 bits per heavy atom. The highest BCUT2D eigenvalue weighted by atomic mass is 32.2. The molecule has 5 rings (SSSR count). The van der Waals surface area contributed by atoms with Crippen molar-refractivity contribution in [2.45, 2.75) is 18.2 Å². The molecule has 5 nitrogen and oxygen atoms in total. The van der Waals surface area contributed by atoms with Crippen molar-refractivity contribution in [3.8, 4) is 0 Å². The molecule has 7 heteroatoms. The molecular formula is C28H29FN4OS. The number of rotatable bonds is 7. The molecule has 0 N–H and O–H groups in total. The van der Waals surface area contributed by atoms with E-state index in [0.717, 1.165) is 42.2 Å². The van der Waals surface area contributed by atoms with E-state index < -0.39 is 0 Å². The van der Waals surface area contributed by atoms with Crippen LogP contribution < -0.4 is 9.80 Å². The van der Waals surface area contributed by atoms with Crippen LogP contribution in [0.3, 0.4) is 0 Å². The third kappa shape index (κ3) is 5.11. The fourth-order valence-electron chi connectivity index (χ4n) is 4.51. The maximum absolute atomic E-state index is 14.2. The van der Waals surface area contributed by atoms with Gasteiger partial charge in [0.2, 0.25) is 0 Å². The molecule has 0 radical (unpaired) electrons. The maximum atomic E-state index is 14.2. The Morgan fingerprint density at radius 3 is 2.29 bits per heavy atom. The highest BCUT2D eigenvalue weighted by molar-refractivity contribution is 7.99. The molecule has 2 aliphatic heterocycles. The first kappa shape index (κ1) is 23.6. The number of para-hydroxylation sites is 2. The zero-order valence-corrected chi connectivity index (χ0v) is 20.7. The average molecular weight is 489 g/mol. The summed E-state index contributed by atoms with van der Waals surface area (Å²) >= 11 is 1.83. The van der Waals surface area contributed by atoms with E-state index in [0.29, 0.717) is 31.2 Å². The van der Waals surface area contributed by atoms with E-state index in [2.05, 4.69) is 28.9 Å². The molecule has 3 aromatic carbocycles. The van der Waals surface area contributed by atoms with Gasteiger partial charge in [-0.1, -0.05) is 37.3 Å². The van der Waals surface area contributed by atoms with Crippen LogP contribution >= 0.6 is 11.8 Å². The van der Waals surface area contributed by atoms with Crippen molar-refractivity contribution in [3.63, 3.8) is 0 Å². The van der Waals surface area contributed by atoms with Gasteiger partial charge in [0.1, 0.15) is 11.5 Å². The van der Waals surface area contributed by atoms with Crippen LogP contribution in [0.2, 0.25) is 0 Å².